The molecule has 0 saturated carbocycles. The number of hydrogen-bond donors (Lipinski definition) is 1. The van der Waals surface area contributed by atoms with Gasteiger partial charge in [-0.2, -0.15) is 0 Å². The van der Waals surface area contributed by atoms with Gasteiger partial charge in [0.05, 0.1) is 38.4 Å². The molecule has 4 rings (SSSR count). The van der Waals surface area contributed by atoms with E-state index in [1.807, 2.05) is 26.0 Å². The summed E-state index contributed by atoms with van der Waals surface area (Å²) >= 11 is 6.16. The van der Waals surface area contributed by atoms with Gasteiger partial charge in [-0.25, -0.2) is 4.21 Å². The number of nitrogens with one attached hydrogen (secondary N) is 1. The number of rotatable bonds is 5. The van der Waals surface area contributed by atoms with E-state index < -0.39 is 10.8 Å². The molecule has 32 heavy (non-hydrogen) atoms. The molecule has 2 atom stereocenters. The van der Waals surface area contributed by atoms with Gasteiger partial charge in [0.1, 0.15) is 0 Å². The molecule has 1 aliphatic rings. The van der Waals surface area contributed by atoms with Gasteiger partial charge in [-0.15, -0.1) is 0 Å². The summed E-state index contributed by atoms with van der Waals surface area (Å²) in [5.74, 6) is -0.503. The maximum Gasteiger partial charge on any atom is 0.259 e. The number of halogens is 1. The summed E-state index contributed by atoms with van der Waals surface area (Å²) in [5, 5.41) is 3.51. The lowest BCUT2D eigenvalue weighted by atomic mass is 10.1. The summed E-state index contributed by atoms with van der Waals surface area (Å²) in [5.41, 5.74) is 2.09. The maximum absolute atomic E-state index is 13.6. The summed E-state index contributed by atoms with van der Waals surface area (Å²) in [4.78, 5) is 28.9. The van der Waals surface area contributed by atoms with Gasteiger partial charge < -0.3 is 10.2 Å². The first kappa shape index (κ1) is 22.2. The van der Waals surface area contributed by atoms with Crippen LogP contribution < -0.4 is 10.2 Å². The summed E-state index contributed by atoms with van der Waals surface area (Å²) in [6.07, 6.45) is 0.801. The van der Waals surface area contributed by atoms with Gasteiger partial charge in [0.25, 0.3) is 11.8 Å². The number of carbonyl (C=O) groups is 2. The third-order valence-corrected chi connectivity index (χ3v) is 7.23. The molecule has 1 heterocycles. The second kappa shape index (κ2) is 9.27. The molecule has 1 N–H and O–H groups in total. The molecule has 0 unspecified atom stereocenters. The predicted octanol–water partition coefficient (Wildman–Crippen LogP) is 5.20. The Morgan fingerprint density at radius 2 is 1.84 bits per heavy atom. The monoisotopic (exact) mass is 466 g/mol. The van der Waals surface area contributed by atoms with Crippen LogP contribution in [0.1, 0.15) is 46.5 Å². The van der Waals surface area contributed by atoms with Crippen molar-refractivity contribution >= 4 is 39.9 Å². The van der Waals surface area contributed by atoms with E-state index in [-0.39, 0.29) is 24.4 Å². The van der Waals surface area contributed by atoms with Crippen molar-refractivity contribution in [2.45, 2.75) is 42.6 Å². The van der Waals surface area contributed by atoms with E-state index in [4.69, 9.17) is 11.6 Å². The van der Waals surface area contributed by atoms with E-state index in [1.54, 1.807) is 59.5 Å². The number of carbonyl (C=O) groups excluding carboxylic acids is 2. The standard InChI is InChI=1S/C25H23ClN2O3S/c1-3-16(2)27-24(29)18-11-12-23-21(14-18)28(15-17-7-6-8-19(26)13-17)25(30)20-9-4-5-10-22(20)32(23)31/h4-14,16H,3,15H2,1-2H3,(H,27,29)/t16-,32-/m1/s1. The van der Waals surface area contributed by atoms with Crippen LogP contribution in [0.25, 0.3) is 0 Å². The molecular weight excluding hydrogens is 444 g/mol. The van der Waals surface area contributed by atoms with Crippen molar-refractivity contribution in [1.82, 2.24) is 5.32 Å². The summed E-state index contributed by atoms with van der Waals surface area (Å²) in [6, 6.07) is 19.2. The quantitative estimate of drug-likeness (QED) is 0.562. The van der Waals surface area contributed by atoms with E-state index in [0.717, 1.165) is 12.0 Å². The van der Waals surface area contributed by atoms with Crippen LogP contribution in [-0.2, 0) is 17.3 Å². The van der Waals surface area contributed by atoms with E-state index >= 15 is 0 Å². The molecule has 164 valence electrons. The van der Waals surface area contributed by atoms with E-state index in [2.05, 4.69) is 5.32 Å². The maximum atomic E-state index is 13.6. The zero-order valence-corrected chi connectivity index (χ0v) is 19.4. The van der Waals surface area contributed by atoms with Crippen molar-refractivity contribution in [1.29, 1.82) is 0 Å². The molecule has 0 radical (unpaired) electrons. The van der Waals surface area contributed by atoms with E-state index in [0.29, 0.717) is 31.6 Å². The highest BCUT2D eigenvalue weighted by molar-refractivity contribution is 7.85. The van der Waals surface area contributed by atoms with Crippen molar-refractivity contribution in [3.63, 3.8) is 0 Å². The first-order valence-corrected chi connectivity index (χ1v) is 11.9. The fourth-order valence-electron chi connectivity index (χ4n) is 3.59. The van der Waals surface area contributed by atoms with Crippen molar-refractivity contribution in [3.05, 3.63) is 88.4 Å². The Kier molecular flexibility index (Phi) is 6.44. The fraction of sp³-hybridized carbons (Fsp3) is 0.200. The number of fused-ring (bicyclic) bond motifs is 2. The first-order valence-electron chi connectivity index (χ1n) is 10.4. The average Bonchev–Trinajstić information content (AvgIpc) is 2.88. The second-order valence-corrected chi connectivity index (χ2v) is 9.60. The lowest BCUT2D eigenvalue weighted by Crippen LogP contribution is -2.33. The number of nitrogens with zero attached hydrogens (tertiary/aromatic N) is 1. The van der Waals surface area contributed by atoms with Crippen molar-refractivity contribution in [3.8, 4) is 0 Å². The van der Waals surface area contributed by atoms with E-state index in [1.165, 1.54) is 0 Å². The van der Waals surface area contributed by atoms with Crippen LogP contribution in [0.2, 0.25) is 5.02 Å². The largest absolute Gasteiger partial charge is 0.350 e. The molecular formula is C25H23ClN2O3S. The predicted molar refractivity (Wildman–Crippen MR) is 127 cm³/mol. The highest BCUT2D eigenvalue weighted by Crippen LogP contribution is 2.36. The normalized spacial score (nSPS) is 16.0. The fourth-order valence-corrected chi connectivity index (χ4v) is 5.15. The Balaban J connectivity index is 1.85. The Bertz CT molecular complexity index is 1230. The highest BCUT2D eigenvalue weighted by atomic mass is 35.5. The SMILES string of the molecule is CC[C@@H](C)NC(=O)c1ccc2c(c1)N(Cc1cccc(Cl)c1)C(=O)c1ccccc1[S@]2=O. The molecule has 0 aromatic heterocycles. The van der Waals surface area contributed by atoms with Gasteiger partial charge in [-0.1, -0.05) is 42.8 Å². The Hall–Kier alpha value is -2.96. The zero-order valence-electron chi connectivity index (χ0n) is 17.8. The molecule has 0 spiro atoms. The molecule has 0 aliphatic carbocycles. The molecule has 0 saturated heterocycles. The van der Waals surface area contributed by atoms with Crippen LogP contribution >= 0.6 is 11.6 Å². The molecule has 7 heteroatoms. The van der Waals surface area contributed by atoms with E-state index in [9.17, 15) is 13.8 Å². The van der Waals surface area contributed by atoms with Crippen LogP contribution in [0.5, 0.6) is 0 Å². The number of anilines is 1. The zero-order chi connectivity index (χ0) is 22.8. The van der Waals surface area contributed by atoms with Crippen molar-refractivity contribution in [2.75, 3.05) is 4.90 Å². The molecule has 1 aliphatic heterocycles. The minimum Gasteiger partial charge on any atom is -0.350 e. The van der Waals surface area contributed by atoms with Crippen LogP contribution in [0.4, 0.5) is 5.69 Å². The molecule has 5 nitrogen and oxygen atoms in total. The average molecular weight is 467 g/mol. The number of hydrogen-bond acceptors (Lipinski definition) is 3. The third kappa shape index (κ3) is 4.33. The van der Waals surface area contributed by atoms with Gasteiger partial charge in [0, 0.05) is 16.6 Å². The van der Waals surface area contributed by atoms with Gasteiger partial charge in [-0.3, -0.25) is 9.59 Å². The van der Waals surface area contributed by atoms with Gasteiger partial charge in [0.2, 0.25) is 0 Å². The topological polar surface area (TPSA) is 66.5 Å². The molecule has 3 aromatic carbocycles. The van der Waals surface area contributed by atoms with Gasteiger partial charge >= 0.3 is 0 Å². The summed E-state index contributed by atoms with van der Waals surface area (Å²) in [6.45, 7) is 4.16. The lowest BCUT2D eigenvalue weighted by Gasteiger charge is -2.24. The lowest BCUT2D eigenvalue weighted by molar-refractivity contribution is 0.0936. The Morgan fingerprint density at radius 1 is 1.06 bits per heavy atom. The Labute approximate surface area is 194 Å². The van der Waals surface area contributed by atoms with Crippen molar-refractivity contribution in [2.24, 2.45) is 0 Å². The smallest absolute Gasteiger partial charge is 0.259 e. The molecule has 3 aromatic rings. The minimum absolute atomic E-state index is 0.0175. The number of amides is 2. The third-order valence-electron chi connectivity index (χ3n) is 5.49. The molecule has 2 amide bonds. The first-order chi connectivity index (χ1) is 15.4. The summed E-state index contributed by atoms with van der Waals surface area (Å²) in [7, 11) is -1.57. The number of benzene rings is 3. The molecule has 0 bridgehead atoms. The van der Waals surface area contributed by atoms with Crippen LogP contribution in [0, 0.1) is 0 Å². The van der Waals surface area contributed by atoms with Gasteiger partial charge in [-0.05, 0) is 61.4 Å². The van der Waals surface area contributed by atoms with Crippen LogP contribution in [-0.4, -0.2) is 22.1 Å². The van der Waals surface area contributed by atoms with Crippen LogP contribution in [0.3, 0.4) is 0 Å². The molecule has 0 fully saturated rings. The minimum atomic E-state index is -1.57. The van der Waals surface area contributed by atoms with Crippen molar-refractivity contribution < 1.29 is 13.8 Å². The Morgan fingerprint density at radius 3 is 2.59 bits per heavy atom. The second-order valence-electron chi connectivity index (χ2n) is 7.75. The van der Waals surface area contributed by atoms with Crippen LogP contribution in [0.15, 0.2) is 76.5 Å². The summed E-state index contributed by atoms with van der Waals surface area (Å²) < 4.78 is 13.4. The highest BCUT2D eigenvalue weighted by Gasteiger charge is 2.31. The van der Waals surface area contributed by atoms with Gasteiger partial charge in [0.15, 0.2) is 0 Å².